The lowest BCUT2D eigenvalue weighted by atomic mass is 10.1. The lowest BCUT2D eigenvalue weighted by molar-refractivity contribution is -0.123. The Morgan fingerprint density at radius 3 is 3.20 bits per heavy atom. The van der Waals surface area contributed by atoms with Crippen molar-refractivity contribution in [3.63, 3.8) is 0 Å². The quantitative estimate of drug-likeness (QED) is 0.876. The molecule has 0 aliphatic carbocycles. The van der Waals surface area contributed by atoms with Gasteiger partial charge < -0.3 is 15.5 Å². The average Bonchev–Trinajstić information content (AvgIpc) is 3.01. The van der Waals surface area contributed by atoms with Crippen LogP contribution in [0.3, 0.4) is 0 Å². The van der Waals surface area contributed by atoms with E-state index in [9.17, 15) is 4.79 Å². The van der Waals surface area contributed by atoms with Gasteiger partial charge in [-0.1, -0.05) is 6.92 Å². The van der Waals surface area contributed by atoms with Crippen molar-refractivity contribution in [2.45, 2.75) is 25.9 Å². The first-order chi connectivity index (χ1) is 9.76. The van der Waals surface area contributed by atoms with Gasteiger partial charge in [0.1, 0.15) is 6.04 Å². The van der Waals surface area contributed by atoms with E-state index in [4.69, 9.17) is 4.98 Å². The Bertz CT molecular complexity index is 619. The fraction of sp³-hybridized carbons (Fsp3) is 0.538. The third kappa shape index (κ3) is 2.06. The Morgan fingerprint density at radius 2 is 2.45 bits per heavy atom. The molecule has 1 aliphatic rings. The van der Waals surface area contributed by atoms with Crippen molar-refractivity contribution in [1.29, 1.82) is 0 Å². The van der Waals surface area contributed by atoms with Crippen LogP contribution in [0, 0.1) is 0 Å². The van der Waals surface area contributed by atoms with Crippen LogP contribution in [0.2, 0.25) is 0 Å². The number of piperazine rings is 1. The Hall–Kier alpha value is -1.60. The number of aromatic nitrogens is 2. The topological polar surface area (TPSA) is 61.7 Å². The first-order valence-electron chi connectivity index (χ1n) is 6.89. The number of hydrogen-bond acceptors (Lipinski definition) is 5. The zero-order valence-corrected chi connectivity index (χ0v) is 12.5. The minimum Gasteiger partial charge on any atom is -0.353 e. The summed E-state index contributed by atoms with van der Waals surface area (Å²) < 4.78 is 2.11. The van der Waals surface area contributed by atoms with Crippen LogP contribution < -0.4 is 15.5 Å². The molecule has 7 heteroatoms. The van der Waals surface area contributed by atoms with Gasteiger partial charge in [-0.2, -0.15) is 0 Å². The van der Waals surface area contributed by atoms with E-state index in [1.165, 1.54) is 0 Å². The largest absolute Gasteiger partial charge is 0.353 e. The second-order valence-corrected chi connectivity index (χ2v) is 5.75. The molecule has 1 saturated heterocycles. The Morgan fingerprint density at radius 1 is 1.60 bits per heavy atom. The molecule has 0 radical (unpaired) electrons. The van der Waals surface area contributed by atoms with Crippen LogP contribution in [0.15, 0.2) is 11.6 Å². The molecule has 0 spiro atoms. The molecule has 1 fully saturated rings. The van der Waals surface area contributed by atoms with E-state index in [1.807, 2.05) is 25.5 Å². The van der Waals surface area contributed by atoms with Crippen molar-refractivity contribution >= 4 is 28.0 Å². The van der Waals surface area contributed by atoms with Crippen molar-refractivity contribution in [3.8, 4) is 0 Å². The van der Waals surface area contributed by atoms with Gasteiger partial charge in [0.25, 0.3) is 0 Å². The van der Waals surface area contributed by atoms with E-state index >= 15 is 0 Å². The molecule has 1 unspecified atom stereocenters. The van der Waals surface area contributed by atoms with Crippen molar-refractivity contribution < 1.29 is 4.79 Å². The Balaban J connectivity index is 2.05. The van der Waals surface area contributed by atoms with Crippen LogP contribution in [-0.2, 0) is 11.3 Å². The number of carbonyl (C=O) groups is 1. The van der Waals surface area contributed by atoms with Crippen LogP contribution in [0.1, 0.15) is 19.0 Å². The molecule has 20 heavy (non-hydrogen) atoms. The van der Waals surface area contributed by atoms with E-state index < -0.39 is 0 Å². The summed E-state index contributed by atoms with van der Waals surface area (Å²) in [5.41, 5.74) is 1.12. The SMILES string of the molecule is CCC1C(=O)NCCN1c1nc2sccn2c1CNC. The molecular weight excluding hydrogens is 274 g/mol. The standard InChI is InChI=1S/C13H19N5OS/c1-3-9-12(19)15-4-5-17(9)11-10(8-14-2)18-6-7-20-13(18)16-11/h6-7,9,14H,3-5,8H2,1-2H3,(H,15,19). The predicted octanol–water partition coefficient (Wildman–Crippen LogP) is 0.830. The van der Waals surface area contributed by atoms with Crippen LogP contribution >= 0.6 is 11.3 Å². The van der Waals surface area contributed by atoms with Crippen LogP contribution in [0.5, 0.6) is 0 Å². The summed E-state index contributed by atoms with van der Waals surface area (Å²) in [6, 6.07) is -0.121. The first-order valence-corrected chi connectivity index (χ1v) is 7.77. The van der Waals surface area contributed by atoms with Crippen LogP contribution in [0.4, 0.5) is 5.82 Å². The Kier molecular flexibility index (Phi) is 3.62. The van der Waals surface area contributed by atoms with Gasteiger partial charge in [0.2, 0.25) is 5.91 Å². The number of nitrogens with one attached hydrogen (secondary N) is 2. The fourth-order valence-corrected chi connectivity index (χ4v) is 3.48. The zero-order chi connectivity index (χ0) is 14.1. The molecule has 2 N–H and O–H groups in total. The lowest BCUT2D eigenvalue weighted by Crippen LogP contribution is -2.55. The summed E-state index contributed by atoms with van der Waals surface area (Å²) in [6.45, 7) is 4.27. The number of imidazole rings is 1. The number of anilines is 1. The molecule has 3 rings (SSSR count). The second-order valence-electron chi connectivity index (χ2n) is 4.88. The van der Waals surface area contributed by atoms with E-state index in [0.717, 1.165) is 36.0 Å². The maximum Gasteiger partial charge on any atom is 0.242 e. The molecule has 1 aliphatic heterocycles. The number of carbonyl (C=O) groups excluding carboxylic acids is 1. The summed E-state index contributed by atoms with van der Waals surface area (Å²) in [6.07, 6.45) is 2.82. The van der Waals surface area contributed by atoms with Gasteiger partial charge in [0.15, 0.2) is 10.8 Å². The molecule has 0 aromatic carbocycles. The summed E-state index contributed by atoms with van der Waals surface area (Å²) in [4.78, 5) is 19.9. The molecule has 3 heterocycles. The number of rotatable bonds is 4. The molecule has 108 valence electrons. The molecule has 1 amide bonds. The normalized spacial score (nSPS) is 19.6. The second kappa shape index (κ2) is 5.41. The maximum absolute atomic E-state index is 12.0. The van der Waals surface area contributed by atoms with Crippen LogP contribution in [0.25, 0.3) is 4.96 Å². The van der Waals surface area contributed by atoms with E-state index in [2.05, 4.69) is 19.9 Å². The molecule has 2 aromatic rings. The van der Waals surface area contributed by atoms with Crippen molar-refractivity contribution in [2.75, 3.05) is 25.0 Å². The first kappa shape index (κ1) is 13.4. The van der Waals surface area contributed by atoms with Gasteiger partial charge in [-0.05, 0) is 13.5 Å². The summed E-state index contributed by atoms with van der Waals surface area (Å²) in [5, 5.41) is 8.16. The third-order valence-corrected chi connectivity index (χ3v) is 4.43. The van der Waals surface area contributed by atoms with Gasteiger partial charge in [0.05, 0.1) is 5.69 Å². The Labute approximate surface area is 121 Å². The molecular formula is C13H19N5OS. The number of amides is 1. The summed E-state index contributed by atoms with van der Waals surface area (Å²) in [7, 11) is 1.93. The minimum absolute atomic E-state index is 0.102. The number of fused-ring (bicyclic) bond motifs is 1. The minimum atomic E-state index is -0.121. The summed E-state index contributed by atoms with van der Waals surface area (Å²) >= 11 is 1.62. The van der Waals surface area contributed by atoms with Gasteiger partial charge in [-0.15, -0.1) is 11.3 Å². The van der Waals surface area contributed by atoms with Gasteiger partial charge in [-0.3, -0.25) is 9.20 Å². The number of nitrogens with zero attached hydrogens (tertiary/aromatic N) is 3. The highest BCUT2D eigenvalue weighted by Gasteiger charge is 2.31. The van der Waals surface area contributed by atoms with Gasteiger partial charge in [0, 0.05) is 31.2 Å². The number of hydrogen-bond donors (Lipinski definition) is 2. The van der Waals surface area contributed by atoms with Gasteiger partial charge >= 0.3 is 0 Å². The average molecular weight is 293 g/mol. The highest BCUT2D eigenvalue weighted by Crippen LogP contribution is 2.27. The highest BCUT2D eigenvalue weighted by molar-refractivity contribution is 7.15. The van der Waals surface area contributed by atoms with Crippen molar-refractivity contribution in [1.82, 2.24) is 20.0 Å². The summed E-state index contributed by atoms with van der Waals surface area (Å²) in [5.74, 6) is 1.04. The lowest BCUT2D eigenvalue weighted by Gasteiger charge is -2.35. The van der Waals surface area contributed by atoms with Gasteiger partial charge in [-0.25, -0.2) is 4.98 Å². The van der Waals surface area contributed by atoms with E-state index in [0.29, 0.717) is 6.54 Å². The van der Waals surface area contributed by atoms with Crippen molar-refractivity contribution in [3.05, 3.63) is 17.3 Å². The van der Waals surface area contributed by atoms with E-state index in [1.54, 1.807) is 11.3 Å². The third-order valence-electron chi connectivity index (χ3n) is 3.67. The predicted molar refractivity (Wildman–Crippen MR) is 80.3 cm³/mol. The highest BCUT2D eigenvalue weighted by atomic mass is 32.1. The monoisotopic (exact) mass is 293 g/mol. The fourth-order valence-electron chi connectivity index (χ4n) is 2.76. The smallest absolute Gasteiger partial charge is 0.242 e. The van der Waals surface area contributed by atoms with Crippen LogP contribution in [-0.4, -0.2) is 41.5 Å². The molecule has 2 aromatic heterocycles. The maximum atomic E-state index is 12.0. The van der Waals surface area contributed by atoms with Crippen molar-refractivity contribution in [2.24, 2.45) is 0 Å². The molecule has 0 saturated carbocycles. The van der Waals surface area contributed by atoms with E-state index in [-0.39, 0.29) is 11.9 Å². The number of thiazole rings is 1. The molecule has 6 nitrogen and oxygen atoms in total. The zero-order valence-electron chi connectivity index (χ0n) is 11.7. The molecule has 0 bridgehead atoms. The molecule has 1 atom stereocenters.